The van der Waals surface area contributed by atoms with E-state index in [9.17, 15) is 9.18 Å². The Morgan fingerprint density at radius 3 is 2.69 bits per heavy atom. The Balaban J connectivity index is 2.26. The Morgan fingerprint density at radius 1 is 1.38 bits per heavy atom. The van der Waals surface area contributed by atoms with E-state index in [0.717, 1.165) is 5.56 Å². The third kappa shape index (κ3) is 5.00. The Morgan fingerprint density at radius 2 is 2.06 bits per heavy atom. The third-order valence-corrected chi connectivity index (χ3v) is 2.12. The van der Waals surface area contributed by atoms with Crippen molar-refractivity contribution in [2.75, 3.05) is 26.8 Å². The van der Waals surface area contributed by atoms with Crippen molar-refractivity contribution < 1.29 is 13.9 Å². The molecule has 88 valence electrons. The van der Waals surface area contributed by atoms with Crippen molar-refractivity contribution in [3.8, 4) is 0 Å². The van der Waals surface area contributed by atoms with Gasteiger partial charge in [0, 0.05) is 20.1 Å². The van der Waals surface area contributed by atoms with Gasteiger partial charge in [-0.1, -0.05) is 12.1 Å². The molecule has 1 aromatic rings. The van der Waals surface area contributed by atoms with Crippen LogP contribution < -0.4 is 5.32 Å². The zero-order valence-corrected chi connectivity index (χ0v) is 9.33. The number of ketones is 1. The summed E-state index contributed by atoms with van der Waals surface area (Å²) in [6, 6.07) is 5.98. The van der Waals surface area contributed by atoms with Crippen molar-refractivity contribution in [2.45, 2.75) is 6.42 Å². The summed E-state index contributed by atoms with van der Waals surface area (Å²) in [6.45, 7) is 1.57. The molecule has 1 N–H and O–H groups in total. The molecule has 0 aliphatic carbocycles. The average Bonchev–Trinajstić information content (AvgIpc) is 2.28. The largest absolute Gasteiger partial charge is 0.383 e. The molecule has 0 heterocycles. The standard InChI is InChI=1S/C12H16FNO2/c1-16-7-6-14-9-12(15)8-10-2-4-11(13)5-3-10/h2-5,14H,6-9H2,1H3. The second-order valence-corrected chi connectivity index (χ2v) is 3.51. The fraction of sp³-hybridized carbons (Fsp3) is 0.417. The number of carbonyl (C=O) groups is 1. The number of hydrogen-bond acceptors (Lipinski definition) is 3. The minimum Gasteiger partial charge on any atom is -0.383 e. The summed E-state index contributed by atoms with van der Waals surface area (Å²) in [5.41, 5.74) is 0.833. The number of halogens is 1. The zero-order chi connectivity index (χ0) is 11.8. The molecule has 0 radical (unpaired) electrons. The molecule has 0 spiro atoms. The van der Waals surface area contributed by atoms with Gasteiger partial charge in [0.1, 0.15) is 5.82 Å². The summed E-state index contributed by atoms with van der Waals surface area (Å²) >= 11 is 0. The Kier molecular flexibility index (Phi) is 5.67. The molecule has 16 heavy (non-hydrogen) atoms. The van der Waals surface area contributed by atoms with E-state index < -0.39 is 0 Å². The van der Waals surface area contributed by atoms with Gasteiger partial charge in [-0.3, -0.25) is 4.79 Å². The quantitative estimate of drug-likeness (QED) is 0.708. The van der Waals surface area contributed by atoms with E-state index >= 15 is 0 Å². The first-order chi connectivity index (χ1) is 7.72. The van der Waals surface area contributed by atoms with Gasteiger partial charge in [-0.05, 0) is 17.7 Å². The summed E-state index contributed by atoms with van der Waals surface area (Å²) < 4.78 is 17.4. The number of benzene rings is 1. The van der Waals surface area contributed by atoms with E-state index in [4.69, 9.17) is 4.74 Å². The average molecular weight is 225 g/mol. The highest BCUT2D eigenvalue weighted by atomic mass is 19.1. The van der Waals surface area contributed by atoms with Crippen LogP contribution in [0.3, 0.4) is 0 Å². The van der Waals surface area contributed by atoms with Gasteiger partial charge in [0.2, 0.25) is 0 Å². The fourth-order valence-electron chi connectivity index (χ4n) is 1.29. The summed E-state index contributed by atoms with van der Waals surface area (Å²) in [5, 5.41) is 2.97. The fourth-order valence-corrected chi connectivity index (χ4v) is 1.29. The van der Waals surface area contributed by atoms with Crippen LogP contribution in [0.4, 0.5) is 4.39 Å². The second kappa shape index (κ2) is 7.09. The summed E-state index contributed by atoms with van der Waals surface area (Å²) in [5.74, 6) is -0.197. The van der Waals surface area contributed by atoms with Gasteiger partial charge in [-0.25, -0.2) is 4.39 Å². The Bertz CT molecular complexity index is 324. The van der Waals surface area contributed by atoms with Gasteiger partial charge < -0.3 is 10.1 Å². The first-order valence-electron chi connectivity index (χ1n) is 5.18. The molecular weight excluding hydrogens is 209 g/mol. The number of methoxy groups -OCH3 is 1. The molecule has 0 unspecified atom stereocenters. The maximum absolute atomic E-state index is 12.6. The Hall–Kier alpha value is -1.26. The van der Waals surface area contributed by atoms with E-state index in [0.29, 0.717) is 26.1 Å². The molecular formula is C12H16FNO2. The first kappa shape index (κ1) is 12.8. The van der Waals surface area contributed by atoms with Crippen LogP contribution in [0.1, 0.15) is 5.56 Å². The van der Waals surface area contributed by atoms with Crippen LogP contribution in [0.5, 0.6) is 0 Å². The lowest BCUT2D eigenvalue weighted by molar-refractivity contribution is -0.117. The van der Waals surface area contributed by atoms with E-state index in [1.54, 1.807) is 19.2 Å². The molecule has 1 rings (SSSR count). The molecule has 0 aromatic heterocycles. The highest BCUT2D eigenvalue weighted by Gasteiger charge is 2.03. The molecule has 1 aromatic carbocycles. The zero-order valence-electron chi connectivity index (χ0n) is 9.33. The Labute approximate surface area is 94.6 Å². The molecule has 0 saturated carbocycles. The number of carbonyl (C=O) groups excluding carboxylic acids is 1. The number of hydrogen-bond donors (Lipinski definition) is 1. The van der Waals surface area contributed by atoms with Gasteiger partial charge in [-0.2, -0.15) is 0 Å². The van der Waals surface area contributed by atoms with E-state index in [2.05, 4.69) is 5.32 Å². The van der Waals surface area contributed by atoms with Crippen LogP contribution in [-0.2, 0) is 16.0 Å². The SMILES string of the molecule is COCCNCC(=O)Cc1ccc(F)cc1. The van der Waals surface area contributed by atoms with Gasteiger partial charge in [0.25, 0.3) is 0 Å². The van der Waals surface area contributed by atoms with Crippen molar-refractivity contribution in [1.29, 1.82) is 0 Å². The second-order valence-electron chi connectivity index (χ2n) is 3.51. The number of nitrogens with one attached hydrogen (secondary N) is 1. The van der Waals surface area contributed by atoms with Crippen LogP contribution in [0.25, 0.3) is 0 Å². The minimum atomic E-state index is -0.283. The predicted octanol–water partition coefficient (Wildman–Crippen LogP) is 1.17. The summed E-state index contributed by atoms with van der Waals surface area (Å²) in [7, 11) is 1.61. The molecule has 0 fully saturated rings. The van der Waals surface area contributed by atoms with Crippen LogP contribution in [0.2, 0.25) is 0 Å². The molecule has 4 heteroatoms. The summed E-state index contributed by atoms with van der Waals surface area (Å²) in [6.07, 6.45) is 0.334. The van der Waals surface area contributed by atoms with Gasteiger partial charge >= 0.3 is 0 Å². The first-order valence-corrected chi connectivity index (χ1v) is 5.18. The number of ether oxygens (including phenoxy) is 1. The molecule has 0 amide bonds. The van der Waals surface area contributed by atoms with Crippen molar-refractivity contribution in [3.05, 3.63) is 35.6 Å². The van der Waals surface area contributed by atoms with E-state index in [-0.39, 0.29) is 11.6 Å². The van der Waals surface area contributed by atoms with Gasteiger partial charge in [-0.15, -0.1) is 0 Å². The summed E-state index contributed by atoms with van der Waals surface area (Å²) in [4.78, 5) is 11.5. The van der Waals surface area contributed by atoms with Gasteiger partial charge in [0.15, 0.2) is 5.78 Å². The molecule has 3 nitrogen and oxygen atoms in total. The van der Waals surface area contributed by atoms with E-state index in [1.807, 2.05) is 0 Å². The highest BCUT2D eigenvalue weighted by molar-refractivity contribution is 5.82. The molecule has 0 bridgehead atoms. The molecule has 0 aliphatic rings. The van der Waals surface area contributed by atoms with Crippen LogP contribution in [0.15, 0.2) is 24.3 Å². The van der Waals surface area contributed by atoms with Crippen LogP contribution in [-0.4, -0.2) is 32.6 Å². The monoisotopic (exact) mass is 225 g/mol. The maximum Gasteiger partial charge on any atom is 0.150 e. The van der Waals surface area contributed by atoms with Crippen molar-refractivity contribution in [1.82, 2.24) is 5.32 Å². The number of rotatable bonds is 7. The lowest BCUT2D eigenvalue weighted by Crippen LogP contribution is -2.27. The van der Waals surface area contributed by atoms with Gasteiger partial charge in [0.05, 0.1) is 13.2 Å². The minimum absolute atomic E-state index is 0.0858. The van der Waals surface area contributed by atoms with Crippen molar-refractivity contribution in [3.63, 3.8) is 0 Å². The van der Waals surface area contributed by atoms with E-state index in [1.165, 1.54) is 12.1 Å². The lowest BCUT2D eigenvalue weighted by atomic mass is 10.1. The molecule has 0 aliphatic heterocycles. The lowest BCUT2D eigenvalue weighted by Gasteiger charge is -2.03. The van der Waals surface area contributed by atoms with Crippen LogP contribution in [0, 0.1) is 5.82 Å². The topological polar surface area (TPSA) is 38.3 Å². The third-order valence-electron chi connectivity index (χ3n) is 2.12. The predicted molar refractivity (Wildman–Crippen MR) is 59.9 cm³/mol. The van der Waals surface area contributed by atoms with Crippen LogP contribution >= 0.6 is 0 Å². The maximum atomic E-state index is 12.6. The van der Waals surface area contributed by atoms with Crippen molar-refractivity contribution >= 4 is 5.78 Å². The molecule has 0 saturated heterocycles. The molecule has 0 atom stereocenters. The number of Topliss-reactive ketones (excluding diaryl/α,β-unsaturated/α-hetero) is 1. The highest BCUT2D eigenvalue weighted by Crippen LogP contribution is 2.03. The normalized spacial score (nSPS) is 10.4. The smallest absolute Gasteiger partial charge is 0.150 e. The van der Waals surface area contributed by atoms with Crippen molar-refractivity contribution in [2.24, 2.45) is 0 Å².